The van der Waals surface area contributed by atoms with Crippen LogP contribution >= 0.6 is 35.8 Å². The Morgan fingerprint density at radius 3 is 2.62 bits per heavy atom. The Labute approximate surface area is 138 Å². The summed E-state index contributed by atoms with van der Waals surface area (Å²) in [5.74, 6) is -0.633. The van der Waals surface area contributed by atoms with Crippen LogP contribution in [-0.2, 0) is 4.79 Å². The lowest BCUT2D eigenvalue weighted by molar-refractivity contribution is -0.125. The summed E-state index contributed by atoms with van der Waals surface area (Å²) in [7, 11) is 0. The Bertz CT molecular complexity index is 526. The van der Waals surface area contributed by atoms with Gasteiger partial charge in [0.1, 0.15) is 6.04 Å². The number of halogens is 2. The molecule has 0 aromatic heterocycles. The fourth-order valence-corrected chi connectivity index (χ4v) is 2.07. The molecular formula is C13H16Cl2N2O3S. The molecule has 0 aliphatic heterocycles. The molecule has 1 rings (SSSR count). The maximum absolute atomic E-state index is 12.2. The highest BCUT2D eigenvalue weighted by Crippen LogP contribution is 2.20. The van der Waals surface area contributed by atoms with Crippen LogP contribution in [0.4, 0.5) is 0 Å². The SMILES string of the molecule is CC(O)C(NC(=O)c1cc(Cl)ccc1Cl)C(=O)NCCS. The lowest BCUT2D eigenvalue weighted by Crippen LogP contribution is -2.52. The highest BCUT2D eigenvalue weighted by molar-refractivity contribution is 7.80. The number of rotatable bonds is 6. The summed E-state index contributed by atoms with van der Waals surface area (Å²) in [4.78, 5) is 24.0. The first-order chi connectivity index (χ1) is 9.86. The summed E-state index contributed by atoms with van der Waals surface area (Å²) < 4.78 is 0. The van der Waals surface area contributed by atoms with E-state index in [9.17, 15) is 14.7 Å². The molecule has 1 aromatic carbocycles. The zero-order chi connectivity index (χ0) is 16.0. The van der Waals surface area contributed by atoms with Crippen molar-refractivity contribution in [3.05, 3.63) is 33.8 Å². The van der Waals surface area contributed by atoms with Gasteiger partial charge in [0.05, 0.1) is 16.7 Å². The lowest BCUT2D eigenvalue weighted by atomic mass is 10.1. The summed E-state index contributed by atoms with van der Waals surface area (Å²) in [6.45, 7) is 1.74. The van der Waals surface area contributed by atoms with Crippen molar-refractivity contribution in [3.63, 3.8) is 0 Å². The summed E-state index contributed by atoms with van der Waals surface area (Å²) in [5, 5.41) is 15.2. The van der Waals surface area contributed by atoms with Crippen molar-refractivity contribution in [1.82, 2.24) is 10.6 Å². The third-order valence-electron chi connectivity index (χ3n) is 2.64. The summed E-state index contributed by atoms with van der Waals surface area (Å²) >= 11 is 15.7. The molecule has 0 aliphatic carbocycles. The molecule has 2 atom stereocenters. The monoisotopic (exact) mass is 350 g/mol. The average molecular weight is 351 g/mol. The van der Waals surface area contributed by atoms with E-state index in [0.717, 1.165) is 0 Å². The van der Waals surface area contributed by atoms with Gasteiger partial charge in [-0.25, -0.2) is 0 Å². The number of nitrogens with one attached hydrogen (secondary N) is 2. The molecular weight excluding hydrogens is 335 g/mol. The number of hydrogen-bond acceptors (Lipinski definition) is 4. The summed E-state index contributed by atoms with van der Waals surface area (Å²) in [6.07, 6.45) is -1.06. The summed E-state index contributed by atoms with van der Waals surface area (Å²) in [6, 6.07) is 3.33. The number of amides is 2. The maximum Gasteiger partial charge on any atom is 0.253 e. The van der Waals surface area contributed by atoms with E-state index < -0.39 is 24.0 Å². The van der Waals surface area contributed by atoms with Crippen LogP contribution in [0.25, 0.3) is 0 Å². The molecule has 8 heteroatoms. The van der Waals surface area contributed by atoms with Crippen molar-refractivity contribution < 1.29 is 14.7 Å². The molecule has 0 saturated heterocycles. The molecule has 0 aliphatic rings. The minimum atomic E-state index is -1.09. The van der Waals surface area contributed by atoms with E-state index in [1.165, 1.54) is 19.1 Å². The smallest absolute Gasteiger partial charge is 0.253 e. The number of carbonyl (C=O) groups is 2. The molecule has 0 bridgehead atoms. The number of hydrogen-bond donors (Lipinski definition) is 4. The van der Waals surface area contributed by atoms with Gasteiger partial charge in [-0.3, -0.25) is 9.59 Å². The van der Waals surface area contributed by atoms with Crippen molar-refractivity contribution >= 4 is 47.6 Å². The molecule has 0 fully saturated rings. The molecule has 5 nitrogen and oxygen atoms in total. The van der Waals surface area contributed by atoms with Gasteiger partial charge in [-0.1, -0.05) is 23.2 Å². The van der Waals surface area contributed by atoms with E-state index in [2.05, 4.69) is 23.3 Å². The molecule has 3 N–H and O–H groups in total. The highest BCUT2D eigenvalue weighted by Gasteiger charge is 2.26. The van der Waals surface area contributed by atoms with Crippen molar-refractivity contribution in [1.29, 1.82) is 0 Å². The number of aliphatic hydroxyl groups excluding tert-OH is 1. The molecule has 2 amide bonds. The van der Waals surface area contributed by atoms with Gasteiger partial charge in [0.2, 0.25) is 5.91 Å². The number of benzene rings is 1. The number of aliphatic hydroxyl groups is 1. The topological polar surface area (TPSA) is 78.4 Å². The van der Waals surface area contributed by atoms with E-state index in [-0.39, 0.29) is 10.6 Å². The van der Waals surface area contributed by atoms with Gasteiger partial charge >= 0.3 is 0 Å². The van der Waals surface area contributed by atoms with Gasteiger partial charge in [-0.2, -0.15) is 12.6 Å². The number of carbonyl (C=O) groups excluding carboxylic acids is 2. The Balaban J connectivity index is 2.86. The molecule has 2 unspecified atom stereocenters. The molecule has 0 heterocycles. The third kappa shape index (κ3) is 5.39. The van der Waals surface area contributed by atoms with Crippen molar-refractivity contribution in [2.24, 2.45) is 0 Å². The van der Waals surface area contributed by atoms with Gasteiger partial charge in [0, 0.05) is 17.3 Å². The van der Waals surface area contributed by atoms with Crippen molar-refractivity contribution in [2.45, 2.75) is 19.1 Å². The second kappa shape index (κ2) is 8.48. The van der Waals surface area contributed by atoms with Crippen LogP contribution < -0.4 is 10.6 Å². The Morgan fingerprint density at radius 1 is 1.38 bits per heavy atom. The molecule has 116 valence electrons. The predicted molar refractivity (Wildman–Crippen MR) is 86.3 cm³/mol. The van der Waals surface area contributed by atoms with Gasteiger partial charge in [0.15, 0.2) is 0 Å². The quantitative estimate of drug-likeness (QED) is 0.587. The normalized spacial score (nSPS) is 13.4. The standard InChI is InChI=1S/C13H16Cl2N2O3S/c1-7(18)11(13(20)16-4-5-21)17-12(19)9-6-8(14)2-3-10(9)15/h2-3,6-7,11,18,21H,4-5H2,1H3,(H,16,20)(H,17,19). The van der Waals surface area contributed by atoms with Crippen molar-refractivity contribution in [3.8, 4) is 0 Å². The van der Waals surface area contributed by atoms with Gasteiger partial charge in [0.25, 0.3) is 5.91 Å². The van der Waals surface area contributed by atoms with Crippen molar-refractivity contribution in [2.75, 3.05) is 12.3 Å². The van der Waals surface area contributed by atoms with E-state index in [1.54, 1.807) is 6.07 Å². The Morgan fingerprint density at radius 2 is 2.05 bits per heavy atom. The summed E-state index contributed by atoms with van der Waals surface area (Å²) in [5.41, 5.74) is 0.136. The Hall–Kier alpha value is -0.950. The van der Waals surface area contributed by atoms with Crippen LogP contribution in [0.2, 0.25) is 10.0 Å². The fourth-order valence-electron chi connectivity index (χ4n) is 1.58. The van der Waals surface area contributed by atoms with E-state index in [1.807, 2.05) is 0 Å². The van der Waals surface area contributed by atoms with Crippen LogP contribution in [0.3, 0.4) is 0 Å². The van der Waals surface area contributed by atoms with E-state index in [4.69, 9.17) is 23.2 Å². The molecule has 0 spiro atoms. The lowest BCUT2D eigenvalue weighted by Gasteiger charge is -2.21. The van der Waals surface area contributed by atoms with Gasteiger partial charge in [-0.05, 0) is 25.1 Å². The molecule has 1 aromatic rings. The second-order valence-electron chi connectivity index (χ2n) is 4.33. The zero-order valence-corrected chi connectivity index (χ0v) is 13.7. The largest absolute Gasteiger partial charge is 0.391 e. The first-order valence-electron chi connectivity index (χ1n) is 6.19. The third-order valence-corrected chi connectivity index (χ3v) is 3.42. The van der Waals surface area contributed by atoms with E-state index in [0.29, 0.717) is 17.3 Å². The first kappa shape index (κ1) is 18.1. The Kier molecular flexibility index (Phi) is 7.31. The first-order valence-corrected chi connectivity index (χ1v) is 7.58. The zero-order valence-electron chi connectivity index (χ0n) is 11.3. The van der Waals surface area contributed by atoms with Crippen LogP contribution in [-0.4, -0.2) is 41.4 Å². The van der Waals surface area contributed by atoms with Gasteiger partial charge < -0.3 is 15.7 Å². The van der Waals surface area contributed by atoms with Gasteiger partial charge in [-0.15, -0.1) is 0 Å². The number of thiol groups is 1. The van der Waals surface area contributed by atoms with Crippen LogP contribution in [0, 0.1) is 0 Å². The minimum absolute atomic E-state index is 0.136. The molecule has 0 saturated carbocycles. The molecule has 0 radical (unpaired) electrons. The van der Waals surface area contributed by atoms with Crippen LogP contribution in [0.5, 0.6) is 0 Å². The maximum atomic E-state index is 12.2. The average Bonchev–Trinajstić information content (AvgIpc) is 2.44. The van der Waals surface area contributed by atoms with Crippen LogP contribution in [0.1, 0.15) is 17.3 Å². The fraction of sp³-hybridized carbons (Fsp3) is 0.385. The highest BCUT2D eigenvalue weighted by atomic mass is 35.5. The van der Waals surface area contributed by atoms with Crippen LogP contribution in [0.15, 0.2) is 18.2 Å². The second-order valence-corrected chi connectivity index (χ2v) is 5.62. The van der Waals surface area contributed by atoms with E-state index >= 15 is 0 Å². The minimum Gasteiger partial charge on any atom is -0.391 e. The predicted octanol–water partition coefficient (Wildman–Crippen LogP) is 1.52. The molecule has 21 heavy (non-hydrogen) atoms.